The van der Waals surface area contributed by atoms with Gasteiger partial charge in [-0.15, -0.1) is 11.8 Å². The maximum atomic E-state index is 12.9. The van der Waals surface area contributed by atoms with Crippen molar-refractivity contribution < 1.29 is 14.2 Å². The van der Waals surface area contributed by atoms with Crippen LogP contribution in [-0.4, -0.2) is 54.3 Å². The molecule has 0 radical (unpaired) electrons. The smallest absolute Gasteiger partial charge is 0.123 e. The van der Waals surface area contributed by atoms with E-state index < -0.39 is 6.10 Å². The number of β-amino-alcohol motifs (C(OH)–C–C–N with tert-alkyl or cyclic N) is 1. The number of anilines is 1. The molecule has 28 heavy (non-hydrogen) atoms. The molecule has 2 heterocycles. The van der Waals surface area contributed by atoms with E-state index in [1.54, 1.807) is 12.1 Å². The van der Waals surface area contributed by atoms with Gasteiger partial charge in [0.1, 0.15) is 24.3 Å². The first-order valence-electron chi connectivity index (χ1n) is 9.90. The predicted molar refractivity (Wildman–Crippen MR) is 112 cm³/mol. The standard InChI is InChI=1S/C22H27FN2O2S/c23-18-5-7-21(8-6-18)27-14-20(26)13-24-11-9-19(10-12-24)25-16-28-15-17-3-1-2-4-22(17)25/h1-8,19-20,26H,9-16H2. The highest BCUT2D eigenvalue weighted by molar-refractivity contribution is 7.98. The quantitative estimate of drug-likeness (QED) is 0.797. The monoisotopic (exact) mass is 402 g/mol. The number of ether oxygens (including phenoxy) is 1. The van der Waals surface area contributed by atoms with Crippen molar-refractivity contribution in [3.63, 3.8) is 0 Å². The predicted octanol–water partition coefficient (Wildman–Crippen LogP) is 3.74. The molecule has 2 aromatic carbocycles. The second-order valence-electron chi connectivity index (χ2n) is 7.53. The molecule has 0 spiro atoms. The van der Waals surface area contributed by atoms with Gasteiger partial charge in [0.15, 0.2) is 0 Å². The Balaban J connectivity index is 1.24. The Morgan fingerprint density at radius 3 is 2.64 bits per heavy atom. The van der Waals surface area contributed by atoms with Crippen LogP contribution in [0.2, 0.25) is 0 Å². The van der Waals surface area contributed by atoms with E-state index >= 15 is 0 Å². The van der Waals surface area contributed by atoms with Crippen LogP contribution in [-0.2, 0) is 5.75 Å². The maximum Gasteiger partial charge on any atom is 0.123 e. The lowest BCUT2D eigenvalue weighted by atomic mass is 10.0. The average Bonchev–Trinajstić information content (AvgIpc) is 2.73. The number of hydrogen-bond acceptors (Lipinski definition) is 5. The molecule has 0 amide bonds. The minimum Gasteiger partial charge on any atom is -0.491 e. The lowest BCUT2D eigenvalue weighted by Crippen LogP contribution is -2.48. The Kier molecular flexibility index (Phi) is 6.40. The van der Waals surface area contributed by atoms with Crippen LogP contribution in [0, 0.1) is 5.82 Å². The molecule has 0 aromatic heterocycles. The third kappa shape index (κ3) is 4.80. The molecule has 1 atom stereocenters. The molecule has 0 saturated carbocycles. The van der Waals surface area contributed by atoms with Crippen LogP contribution in [0.25, 0.3) is 0 Å². The highest BCUT2D eigenvalue weighted by Crippen LogP contribution is 2.35. The van der Waals surface area contributed by atoms with Gasteiger partial charge in [0.2, 0.25) is 0 Å². The Bertz CT molecular complexity index is 765. The molecule has 0 aliphatic carbocycles. The number of piperidine rings is 1. The fourth-order valence-electron chi connectivity index (χ4n) is 4.03. The van der Waals surface area contributed by atoms with Gasteiger partial charge < -0.3 is 19.6 Å². The van der Waals surface area contributed by atoms with Crippen molar-refractivity contribution >= 4 is 17.4 Å². The Hall–Kier alpha value is -1.76. The summed E-state index contributed by atoms with van der Waals surface area (Å²) >= 11 is 1.99. The summed E-state index contributed by atoms with van der Waals surface area (Å²) in [5.74, 6) is 2.47. The van der Waals surface area contributed by atoms with Gasteiger partial charge in [-0.05, 0) is 48.7 Å². The van der Waals surface area contributed by atoms with Crippen molar-refractivity contribution in [1.82, 2.24) is 4.90 Å². The van der Waals surface area contributed by atoms with Gasteiger partial charge in [-0.3, -0.25) is 0 Å². The summed E-state index contributed by atoms with van der Waals surface area (Å²) in [6, 6.07) is 15.2. The fourth-order valence-corrected chi connectivity index (χ4v) is 5.13. The highest BCUT2D eigenvalue weighted by atomic mass is 32.2. The first-order valence-corrected chi connectivity index (χ1v) is 11.1. The zero-order chi connectivity index (χ0) is 19.3. The molecule has 1 unspecified atom stereocenters. The minimum absolute atomic E-state index is 0.224. The number of para-hydroxylation sites is 1. The molecule has 4 nitrogen and oxygen atoms in total. The van der Waals surface area contributed by atoms with Crippen molar-refractivity contribution in [3.8, 4) is 5.75 Å². The molecule has 1 saturated heterocycles. The van der Waals surface area contributed by atoms with E-state index in [1.807, 2.05) is 11.8 Å². The summed E-state index contributed by atoms with van der Waals surface area (Å²) in [5, 5.41) is 10.3. The highest BCUT2D eigenvalue weighted by Gasteiger charge is 2.28. The first kappa shape index (κ1) is 19.6. The van der Waals surface area contributed by atoms with E-state index in [-0.39, 0.29) is 12.4 Å². The largest absolute Gasteiger partial charge is 0.491 e. The Morgan fingerprint density at radius 1 is 1.11 bits per heavy atom. The van der Waals surface area contributed by atoms with Crippen LogP contribution >= 0.6 is 11.8 Å². The zero-order valence-electron chi connectivity index (χ0n) is 16.0. The third-order valence-electron chi connectivity index (χ3n) is 5.51. The summed E-state index contributed by atoms with van der Waals surface area (Å²) in [5.41, 5.74) is 2.84. The topological polar surface area (TPSA) is 35.9 Å². The van der Waals surface area contributed by atoms with Gasteiger partial charge in [0, 0.05) is 37.1 Å². The summed E-state index contributed by atoms with van der Waals surface area (Å²) in [4.78, 5) is 4.88. The number of fused-ring (bicyclic) bond motifs is 1. The van der Waals surface area contributed by atoms with Gasteiger partial charge in [-0.1, -0.05) is 18.2 Å². The van der Waals surface area contributed by atoms with Gasteiger partial charge in [-0.25, -0.2) is 4.39 Å². The first-order chi connectivity index (χ1) is 13.7. The minimum atomic E-state index is -0.548. The van der Waals surface area contributed by atoms with Crippen LogP contribution in [0.5, 0.6) is 5.75 Å². The SMILES string of the molecule is OC(COc1ccc(F)cc1)CN1CCC(N2CSCc3ccccc32)CC1. The van der Waals surface area contributed by atoms with Crippen molar-refractivity contribution in [2.45, 2.75) is 30.7 Å². The van der Waals surface area contributed by atoms with Gasteiger partial charge in [0.25, 0.3) is 0 Å². The lowest BCUT2D eigenvalue weighted by Gasteiger charge is -2.42. The van der Waals surface area contributed by atoms with Crippen LogP contribution < -0.4 is 9.64 Å². The zero-order valence-corrected chi connectivity index (χ0v) is 16.8. The molecule has 1 N–H and O–H groups in total. The van der Waals surface area contributed by atoms with Crippen LogP contribution in [0.3, 0.4) is 0 Å². The molecular formula is C22H27FN2O2S. The summed E-state index contributed by atoms with van der Waals surface area (Å²) < 4.78 is 18.5. The second-order valence-corrected chi connectivity index (χ2v) is 8.48. The van der Waals surface area contributed by atoms with Crippen molar-refractivity contribution in [1.29, 1.82) is 0 Å². The number of nitrogens with zero attached hydrogens (tertiary/aromatic N) is 2. The molecule has 150 valence electrons. The van der Waals surface area contributed by atoms with E-state index in [9.17, 15) is 9.50 Å². The number of rotatable bonds is 6. The van der Waals surface area contributed by atoms with E-state index in [0.717, 1.165) is 37.6 Å². The Labute approximate surface area is 170 Å². The van der Waals surface area contributed by atoms with Gasteiger partial charge >= 0.3 is 0 Å². The van der Waals surface area contributed by atoms with E-state index in [0.29, 0.717) is 18.3 Å². The number of aliphatic hydroxyl groups is 1. The van der Waals surface area contributed by atoms with E-state index in [4.69, 9.17) is 4.74 Å². The molecule has 2 aliphatic rings. The van der Waals surface area contributed by atoms with Crippen molar-refractivity contribution in [3.05, 3.63) is 59.9 Å². The summed E-state index contributed by atoms with van der Waals surface area (Å²) in [7, 11) is 0. The lowest BCUT2D eigenvalue weighted by molar-refractivity contribution is 0.0594. The number of hydrogen-bond donors (Lipinski definition) is 1. The van der Waals surface area contributed by atoms with Crippen LogP contribution in [0.1, 0.15) is 18.4 Å². The van der Waals surface area contributed by atoms with Crippen LogP contribution in [0.15, 0.2) is 48.5 Å². The average molecular weight is 403 g/mol. The second kappa shape index (κ2) is 9.16. The third-order valence-corrected chi connectivity index (χ3v) is 6.49. The maximum absolute atomic E-state index is 12.9. The molecule has 0 bridgehead atoms. The Morgan fingerprint density at radius 2 is 1.86 bits per heavy atom. The number of likely N-dealkylation sites (tertiary alicyclic amines) is 1. The number of thioether (sulfide) groups is 1. The van der Waals surface area contributed by atoms with Crippen molar-refractivity contribution in [2.75, 3.05) is 37.0 Å². The molecule has 6 heteroatoms. The van der Waals surface area contributed by atoms with Gasteiger partial charge in [-0.2, -0.15) is 0 Å². The fraction of sp³-hybridized carbons (Fsp3) is 0.455. The van der Waals surface area contributed by atoms with Crippen molar-refractivity contribution in [2.24, 2.45) is 0 Å². The normalized spacial score (nSPS) is 19.3. The molecule has 4 rings (SSSR count). The van der Waals surface area contributed by atoms with E-state index in [1.165, 1.54) is 23.4 Å². The molecule has 1 fully saturated rings. The molecular weight excluding hydrogens is 375 g/mol. The van der Waals surface area contributed by atoms with Gasteiger partial charge in [0.05, 0.1) is 5.88 Å². The summed E-state index contributed by atoms with van der Waals surface area (Å²) in [6.07, 6.45) is 1.67. The van der Waals surface area contributed by atoms with E-state index in [2.05, 4.69) is 34.1 Å². The molecule has 2 aromatic rings. The van der Waals surface area contributed by atoms with Crippen LogP contribution in [0.4, 0.5) is 10.1 Å². The molecule has 2 aliphatic heterocycles. The summed E-state index contributed by atoms with van der Waals surface area (Å²) in [6.45, 7) is 2.81. The number of benzene rings is 2. The number of halogens is 1. The number of aliphatic hydroxyl groups excluding tert-OH is 1.